The quantitative estimate of drug-likeness (QED) is 0.393. The summed E-state index contributed by atoms with van der Waals surface area (Å²) in [5.74, 6) is 0.506. The lowest BCUT2D eigenvalue weighted by Crippen LogP contribution is -2.15. The molecule has 0 rings (SSSR count). The molecule has 0 spiro atoms. The van der Waals surface area contributed by atoms with Gasteiger partial charge in [-0.05, 0) is 25.1 Å². The molecule has 1 atom stereocenters. The lowest BCUT2D eigenvalue weighted by Gasteiger charge is -2.13. The first kappa shape index (κ1) is 11.6. The van der Waals surface area contributed by atoms with Crippen LogP contribution in [0.4, 0.5) is 0 Å². The summed E-state index contributed by atoms with van der Waals surface area (Å²) < 4.78 is 4.84. The van der Waals surface area contributed by atoms with Crippen LogP contribution in [-0.2, 0) is 4.74 Å². The minimum atomic E-state index is 0.214. The second-order valence-corrected chi connectivity index (χ2v) is 2.87. The molecule has 1 N–H and O–H groups in total. The van der Waals surface area contributed by atoms with Crippen LogP contribution in [0.5, 0.6) is 0 Å². The average molecular weight is 186 g/mol. The molecule has 0 aliphatic heterocycles. The summed E-state index contributed by atoms with van der Waals surface area (Å²) in [6.07, 6.45) is 3.87. The molecule has 0 fully saturated rings. The third-order valence-corrected chi connectivity index (χ3v) is 1.94. The minimum Gasteiger partial charge on any atom is -0.440 e. The SMILES string of the molecule is [CH2]CCCC(CC)C(=N)OC=S. The van der Waals surface area contributed by atoms with E-state index in [0.717, 1.165) is 31.2 Å². The summed E-state index contributed by atoms with van der Waals surface area (Å²) in [5.41, 5.74) is 1.15. The minimum absolute atomic E-state index is 0.214. The second kappa shape index (κ2) is 7.22. The fourth-order valence-corrected chi connectivity index (χ4v) is 1.16. The van der Waals surface area contributed by atoms with E-state index in [4.69, 9.17) is 10.1 Å². The van der Waals surface area contributed by atoms with Crippen molar-refractivity contribution in [2.75, 3.05) is 0 Å². The maximum Gasteiger partial charge on any atom is 0.190 e. The van der Waals surface area contributed by atoms with Gasteiger partial charge in [0.25, 0.3) is 0 Å². The second-order valence-electron chi connectivity index (χ2n) is 2.68. The topological polar surface area (TPSA) is 33.1 Å². The van der Waals surface area contributed by atoms with Crippen molar-refractivity contribution in [3.63, 3.8) is 0 Å². The Hall–Kier alpha value is -0.440. The van der Waals surface area contributed by atoms with E-state index >= 15 is 0 Å². The monoisotopic (exact) mass is 186 g/mol. The molecular formula is C9H16NOS. The van der Waals surface area contributed by atoms with Gasteiger partial charge in [0, 0.05) is 5.92 Å². The Morgan fingerprint density at radius 2 is 2.42 bits per heavy atom. The summed E-state index contributed by atoms with van der Waals surface area (Å²) >= 11 is 4.51. The van der Waals surface area contributed by atoms with Crippen molar-refractivity contribution >= 4 is 23.7 Å². The van der Waals surface area contributed by atoms with E-state index in [1.807, 2.05) is 0 Å². The van der Waals surface area contributed by atoms with Crippen molar-refractivity contribution in [1.29, 1.82) is 5.41 Å². The van der Waals surface area contributed by atoms with Gasteiger partial charge in [0.05, 0.1) is 0 Å². The Labute approximate surface area is 79.8 Å². The number of ether oxygens (including phenoxy) is 1. The van der Waals surface area contributed by atoms with E-state index in [1.54, 1.807) is 0 Å². The van der Waals surface area contributed by atoms with Gasteiger partial charge in [0.15, 0.2) is 11.5 Å². The standard InChI is InChI=1S/C9H16NOS/c1-3-5-6-8(4-2)9(10)11-7-12/h7-8,10H,1,3-6H2,2H3. The number of rotatable bonds is 6. The van der Waals surface area contributed by atoms with Gasteiger partial charge in [-0.1, -0.05) is 26.7 Å². The van der Waals surface area contributed by atoms with E-state index in [9.17, 15) is 0 Å². The molecule has 0 aliphatic carbocycles. The molecule has 0 aromatic rings. The van der Waals surface area contributed by atoms with Gasteiger partial charge in [0.1, 0.15) is 0 Å². The zero-order valence-corrected chi connectivity index (χ0v) is 8.32. The highest BCUT2D eigenvalue weighted by atomic mass is 32.1. The van der Waals surface area contributed by atoms with Crippen molar-refractivity contribution in [2.24, 2.45) is 5.92 Å². The van der Waals surface area contributed by atoms with Gasteiger partial charge >= 0.3 is 0 Å². The first-order valence-electron chi connectivity index (χ1n) is 4.24. The molecule has 0 aromatic heterocycles. The summed E-state index contributed by atoms with van der Waals surface area (Å²) in [5, 5.41) is 7.48. The smallest absolute Gasteiger partial charge is 0.190 e. The zero-order valence-electron chi connectivity index (χ0n) is 7.51. The summed E-state index contributed by atoms with van der Waals surface area (Å²) in [7, 11) is 0. The lowest BCUT2D eigenvalue weighted by molar-refractivity contribution is 0.459. The van der Waals surface area contributed by atoms with Crippen molar-refractivity contribution in [1.82, 2.24) is 0 Å². The largest absolute Gasteiger partial charge is 0.440 e. The highest BCUT2D eigenvalue weighted by molar-refractivity contribution is 7.78. The molecule has 2 nitrogen and oxygen atoms in total. The normalized spacial score (nSPS) is 12.2. The van der Waals surface area contributed by atoms with Crippen LogP contribution < -0.4 is 0 Å². The van der Waals surface area contributed by atoms with Crippen LogP contribution in [0.15, 0.2) is 0 Å². The van der Waals surface area contributed by atoms with E-state index in [1.165, 1.54) is 0 Å². The van der Waals surface area contributed by atoms with Crippen molar-refractivity contribution in [3.8, 4) is 0 Å². The molecule has 0 aromatic carbocycles. The summed E-state index contributed by atoms with van der Waals surface area (Å²) in [6.45, 7) is 5.81. The molecule has 3 heteroatoms. The molecule has 1 radical (unpaired) electrons. The first-order chi connectivity index (χ1) is 5.76. The average Bonchev–Trinajstić information content (AvgIpc) is 2.06. The molecule has 0 saturated heterocycles. The van der Waals surface area contributed by atoms with Gasteiger partial charge in [-0.25, -0.2) is 0 Å². The molecule has 1 unspecified atom stereocenters. The molecule has 69 valence electrons. The molecule has 0 bridgehead atoms. The predicted octanol–water partition coefficient (Wildman–Crippen LogP) is 2.97. The van der Waals surface area contributed by atoms with E-state index in [0.29, 0.717) is 5.90 Å². The fraction of sp³-hybridized carbons (Fsp3) is 0.667. The van der Waals surface area contributed by atoms with E-state index < -0.39 is 0 Å². The van der Waals surface area contributed by atoms with Crippen LogP contribution in [0, 0.1) is 18.3 Å². The number of nitrogens with one attached hydrogen (secondary N) is 1. The van der Waals surface area contributed by atoms with Crippen molar-refractivity contribution in [2.45, 2.75) is 32.6 Å². The predicted molar refractivity (Wildman–Crippen MR) is 55.5 cm³/mol. The Morgan fingerprint density at radius 3 is 2.83 bits per heavy atom. The number of hydrogen-bond donors (Lipinski definition) is 1. The van der Waals surface area contributed by atoms with Crippen LogP contribution in [0.3, 0.4) is 0 Å². The Bertz CT molecular complexity index is 147. The first-order valence-corrected chi connectivity index (χ1v) is 4.71. The van der Waals surface area contributed by atoms with Crippen molar-refractivity contribution < 1.29 is 4.74 Å². The number of unbranched alkanes of at least 4 members (excludes halogenated alkanes) is 1. The highest BCUT2D eigenvalue weighted by Gasteiger charge is 2.12. The molecule has 0 heterocycles. The molecule has 0 aliphatic rings. The Balaban J connectivity index is 3.78. The molecule has 0 amide bonds. The van der Waals surface area contributed by atoms with E-state index in [2.05, 4.69) is 26.1 Å². The van der Waals surface area contributed by atoms with Gasteiger partial charge in [-0.15, -0.1) is 0 Å². The fourth-order valence-electron chi connectivity index (χ4n) is 1.06. The Morgan fingerprint density at radius 1 is 1.75 bits per heavy atom. The Kier molecular flexibility index (Phi) is 6.96. The van der Waals surface area contributed by atoms with Gasteiger partial charge in [-0.3, -0.25) is 5.41 Å². The number of thiocarbonyl (C=S) groups is 1. The lowest BCUT2D eigenvalue weighted by atomic mass is 9.99. The van der Waals surface area contributed by atoms with Crippen LogP contribution in [0.2, 0.25) is 0 Å². The third-order valence-electron chi connectivity index (χ3n) is 1.84. The summed E-state index contributed by atoms with van der Waals surface area (Å²) in [4.78, 5) is 0. The van der Waals surface area contributed by atoms with Gasteiger partial charge in [-0.2, -0.15) is 0 Å². The van der Waals surface area contributed by atoms with Gasteiger partial charge < -0.3 is 4.74 Å². The maximum atomic E-state index is 7.48. The van der Waals surface area contributed by atoms with Crippen LogP contribution in [0.1, 0.15) is 32.6 Å². The number of hydrogen-bond acceptors (Lipinski definition) is 3. The third kappa shape index (κ3) is 4.44. The molecule has 0 saturated carbocycles. The van der Waals surface area contributed by atoms with Crippen LogP contribution >= 0.6 is 12.2 Å². The molecule has 12 heavy (non-hydrogen) atoms. The molecular weight excluding hydrogens is 170 g/mol. The van der Waals surface area contributed by atoms with Crippen LogP contribution in [-0.4, -0.2) is 11.5 Å². The highest BCUT2D eigenvalue weighted by Crippen LogP contribution is 2.13. The van der Waals surface area contributed by atoms with E-state index in [-0.39, 0.29) is 5.92 Å². The zero-order chi connectivity index (χ0) is 9.40. The summed E-state index contributed by atoms with van der Waals surface area (Å²) in [6, 6.07) is 0. The van der Waals surface area contributed by atoms with Crippen LogP contribution in [0.25, 0.3) is 0 Å². The van der Waals surface area contributed by atoms with Crippen molar-refractivity contribution in [3.05, 3.63) is 6.92 Å². The van der Waals surface area contributed by atoms with Gasteiger partial charge in [0.2, 0.25) is 0 Å². The maximum absolute atomic E-state index is 7.48.